The van der Waals surface area contributed by atoms with Crippen molar-refractivity contribution < 1.29 is 13.9 Å². The highest BCUT2D eigenvalue weighted by Gasteiger charge is 2.12. The van der Waals surface area contributed by atoms with Crippen LogP contribution in [0.4, 0.5) is 4.39 Å². The molecule has 2 N–H and O–H groups in total. The van der Waals surface area contributed by atoms with Gasteiger partial charge in [-0.3, -0.25) is 0 Å². The Morgan fingerprint density at radius 1 is 1.28 bits per heavy atom. The van der Waals surface area contributed by atoms with E-state index in [0.29, 0.717) is 18.8 Å². The lowest BCUT2D eigenvalue weighted by Crippen LogP contribution is -2.13. The number of unbranched alkanes of at least 4 members (excludes halogenated alkanes) is 1. The van der Waals surface area contributed by atoms with Crippen molar-refractivity contribution in [3.05, 3.63) is 29.6 Å². The quantitative estimate of drug-likeness (QED) is 0.726. The molecule has 0 aliphatic heterocycles. The SMILES string of the molecule is CCCCOCCOc1c(F)cccc1C(C)N. The van der Waals surface area contributed by atoms with Crippen LogP contribution in [0, 0.1) is 5.82 Å². The lowest BCUT2D eigenvalue weighted by molar-refractivity contribution is 0.0962. The van der Waals surface area contributed by atoms with Gasteiger partial charge in [0.2, 0.25) is 0 Å². The summed E-state index contributed by atoms with van der Waals surface area (Å²) in [7, 11) is 0. The first-order chi connectivity index (χ1) is 8.66. The highest BCUT2D eigenvalue weighted by atomic mass is 19.1. The van der Waals surface area contributed by atoms with Gasteiger partial charge in [0, 0.05) is 18.2 Å². The van der Waals surface area contributed by atoms with Gasteiger partial charge >= 0.3 is 0 Å². The van der Waals surface area contributed by atoms with Gasteiger partial charge in [0.05, 0.1) is 6.61 Å². The van der Waals surface area contributed by atoms with Gasteiger partial charge in [-0.25, -0.2) is 4.39 Å². The number of hydrogen-bond donors (Lipinski definition) is 1. The van der Waals surface area contributed by atoms with Crippen molar-refractivity contribution in [2.24, 2.45) is 5.73 Å². The molecule has 102 valence electrons. The molecule has 1 aromatic rings. The van der Waals surface area contributed by atoms with Crippen molar-refractivity contribution in [1.29, 1.82) is 0 Å². The highest BCUT2D eigenvalue weighted by molar-refractivity contribution is 5.36. The molecule has 18 heavy (non-hydrogen) atoms. The molecular weight excluding hydrogens is 233 g/mol. The average molecular weight is 255 g/mol. The summed E-state index contributed by atoms with van der Waals surface area (Å²) in [6.07, 6.45) is 2.13. The molecule has 0 spiro atoms. The summed E-state index contributed by atoms with van der Waals surface area (Å²) in [5.74, 6) is -0.134. The molecule has 0 aliphatic carbocycles. The minimum Gasteiger partial charge on any atom is -0.488 e. The summed E-state index contributed by atoms with van der Waals surface area (Å²) < 4.78 is 24.4. The van der Waals surface area contributed by atoms with Gasteiger partial charge in [0.25, 0.3) is 0 Å². The second-order valence-corrected chi connectivity index (χ2v) is 4.26. The Labute approximate surface area is 108 Å². The first-order valence-electron chi connectivity index (χ1n) is 6.41. The van der Waals surface area contributed by atoms with Crippen LogP contribution in [0.2, 0.25) is 0 Å². The van der Waals surface area contributed by atoms with Crippen molar-refractivity contribution >= 4 is 0 Å². The van der Waals surface area contributed by atoms with Gasteiger partial charge in [0.15, 0.2) is 11.6 Å². The van der Waals surface area contributed by atoms with Crippen molar-refractivity contribution in [3.63, 3.8) is 0 Å². The maximum Gasteiger partial charge on any atom is 0.165 e. The number of hydrogen-bond acceptors (Lipinski definition) is 3. The summed E-state index contributed by atoms with van der Waals surface area (Å²) in [6.45, 7) is 5.43. The largest absolute Gasteiger partial charge is 0.488 e. The molecule has 0 heterocycles. The predicted octanol–water partition coefficient (Wildman–Crippen LogP) is 3.04. The third-order valence-corrected chi connectivity index (χ3v) is 2.60. The smallest absolute Gasteiger partial charge is 0.165 e. The van der Waals surface area contributed by atoms with Gasteiger partial charge in [-0.1, -0.05) is 25.5 Å². The number of para-hydroxylation sites is 1. The zero-order valence-corrected chi connectivity index (χ0v) is 11.1. The summed E-state index contributed by atoms with van der Waals surface area (Å²) in [5, 5.41) is 0. The molecule has 0 aromatic heterocycles. The molecule has 0 bridgehead atoms. The van der Waals surface area contributed by atoms with Crippen LogP contribution in [-0.4, -0.2) is 19.8 Å². The fourth-order valence-corrected chi connectivity index (χ4v) is 1.59. The maximum atomic E-state index is 13.6. The molecule has 1 atom stereocenters. The molecule has 0 saturated heterocycles. The van der Waals surface area contributed by atoms with Crippen LogP contribution < -0.4 is 10.5 Å². The summed E-state index contributed by atoms with van der Waals surface area (Å²) in [5.41, 5.74) is 6.46. The maximum absolute atomic E-state index is 13.6. The van der Waals surface area contributed by atoms with Gasteiger partial charge in [-0.2, -0.15) is 0 Å². The second kappa shape index (κ2) is 8.06. The zero-order chi connectivity index (χ0) is 13.4. The van der Waals surface area contributed by atoms with Crippen LogP contribution >= 0.6 is 0 Å². The van der Waals surface area contributed by atoms with Crippen molar-refractivity contribution in [3.8, 4) is 5.75 Å². The molecular formula is C14H22FNO2. The molecule has 4 heteroatoms. The van der Waals surface area contributed by atoms with E-state index in [0.717, 1.165) is 19.4 Å². The van der Waals surface area contributed by atoms with E-state index in [2.05, 4.69) is 6.92 Å². The Balaban J connectivity index is 2.46. The molecule has 3 nitrogen and oxygen atoms in total. The van der Waals surface area contributed by atoms with Crippen molar-refractivity contribution in [1.82, 2.24) is 0 Å². The van der Waals surface area contributed by atoms with Gasteiger partial charge in [-0.05, 0) is 19.4 Å². The van der Waals surface area contributed by atoms with Crippen molar-refractivity contribution in [2.45, 2.75) is 32.7 Å². The molecule has 0 radical (unpaired) electrons. The standard InChI is InChI=1S/C14H22FNO2/c1-3-4-8-17-9-10-18-14-12(11(2)16)6-5-7-13(14)15/h5-7,11H,3-4,8-10,16H2,1-2H3. The van der Waals surface area contributed by atoms with Crippen LogP contribution in [0.5, 0.6) is 5.75 Å². The number of ether oxygens (including phenoxy) is 2. The molecule has 0 amide bonds. The second-order valence-electron chi connectivity index (χ2n) is 4.26. The van der Waals surface area contributed by atoms with E-state index in [-0.39, 0.29) is 17.6 Å². The van der Waals surface area contributed by atoms with Crippen LogP contribution in [-0.2, 0) is 4.74 Å². The Morgan fingerprint density at radius 3 is 2.72 bits per heavy atom. The molecule has 1 aromatic carbocycles. The first-order valence-corrected chi connectivity index (χ1v) is 6.41. The Morgan fingerprint density at radius 2 is 2.06 bits per heavy atom. The highest BCUT2D eigenvalue weighted by Crippen LogP contribution is 2.26. The van der Waals surface area contributed by atoms with Crippen LogP contribution in [0.25, 0.3) is 0 Å². The topological polar surface area (TPSA) is 44.5 Å². The molecule has 0 fully saturated rings. The number of nitrogens with two attached hydrogens (primary N) is 1. The Hall–Kier alpha value is -1.13. The minimum atomic E-state index is -0.377. The summed E-state index contributed by atoms with van der Waals surface area (Å²) in [4.78, 5) is 0. The van der Waals surface area contributed by atoms with E-state index in [9.17, 15) is 4.39 Å². The average Bonchev–Trinajstić information content (AvgIpc) is 2.34. The Kier molecular flexibility index (Phi) is 6.68. The van der Waals surface area contributed by atoms with E-state index in [1.54, 1.807) is 19.1 Å². The van der Waals surface area contributed by atoms with Gasteiger partial charge in [0.1, 0.15) is 6.61 Å². The van der Waals surface area contributed by atoms with Gasteiger partial charge < -0.3 is 15.2 Å². The zero-order valence-electron chi connectivity index (χ0n) is 11.1. The number of rotatable bonds is 8. The Bertz CT molecular complexity index is 356. The number of halogens is 1. The fourth-order valence-electron chi connectivity index (χ4n) is 1.59. The third kappa shape index (κ3) is 4.63. The summed E-state index contributed by atoms with van der Waals surface area (Å²) in [6, 6.07) is 4.54. The van der Waals surface area contributed by atoms with E-state index < -0.39 is 0 Å². The van der Waals surface area contributed by atoms with Crippen molar-refractivity contribution in [2.75, 3.05) is 19.8 Å². The lowest BCUT2D eigenvalue weighted by Gasteiger charge is -2.14. The predicted molar refractivity (Wildman–Crippen MR) is 70.2 cm³/mol. The minimum absolute atomic E-state index is 0.242. The molecule has 1 rings (SSSR count). The van der Waals surface area contributed by atoms with Crippen LogP contribution in [0.1, 0.15) is 38.3 Å². The van der Waals surface area contributed by atoms with E-state index in [1.165, 1.54) is 6.07 Å². The number of benzene rings is 1. The lowest BCUT2D eigenvalue weighted by atomic mass is 10.1. The molecule has 0 aliphatic rings. The third-order valence-electron chi connectivity index (χ3n) is 2.60. The van der Waals surface area contributed by atoms with Crippen LogP contribution in [0.3, 0.4) is 0 Å². The molecule has 0 saturated carbocycles. The normalized spacial score (nSPS) is 12.4. The molecule has 1 unspecified atom stereocenters. The summed E-state index contributed by atoms with van der Waals surface area (Å²) >= 11 is 0. The van der Waals surface area contributed by atoms with E-state index >= 15 is 0 Å². The fraction of sp³-hybridized carbons (Fsp3) is 0.571. The van der Waals surface area contributed by atoms with E-state index in [4.69, 9.17) is 15.2 Å². The van der Waals surface area contributed by atoms with Gasteiger partial charge in [-0.15, -0.1) is 0 Å². The van der Waals surface area contributed by atoms with E-state index in [1.807, 2.05) is 0 Å². The first kappa shape index (κ1) is 14.9. The monoisotopic (exact) mass is 255 g/mol. The van der Waals surface area contributed by atoms with Crippen LogP contribution in [0.15, 0.2) is 18.2 Å².